The van der Waals surface area contributed by atoms with Gasteiger partial charge in [0.25, 0.3) is 0 Å². The molecule has 0 unspecified atom stereocenters. The van der Waals surface area contributed by atoms with Crippen molar-refractivity contribution in [2.24, 2.45) is 0 Å². The van der Waals surface area contributed by atoms with Crippen molar-refractivity contribution in [3.05, 3.63) is 29.8 Å². The van der Waals surface area contributed by atoms with E-state index in [4.69, 9.17) is 0 Å². The summed E-state index contributed by atoms with van der Waals surface area (Å²) in [5.74, 6) is 0.192. The minimum absolute atomic E-state index is 0.192. The van der Waals surface area contributed by atoms with Gasteiger partial charge in [-0.15, -0.1) is 0 Å². The molecule has 0 aromatic heterocycles. The van der Waals surface area contributed by atoms with Gasteiger partial charge in [0.15, 0.2) is 0 Å². The molecular weight excluding hydrogens is 288 g/mol. The molecule has 2 rings (SSSR count). The zero-order valence-electron chi connectivity index (χ0n) is 12.6. The SMILES string of the molecule is CN(C)S(=O)(=O)c1ccc(CCC(=O)N2CCCC2)cc1. The Bertz CT molecular complexity index is 588. The van der Waals surface area contributed by atoms with E-state index in [0.717, 1.165) is 31.5 Å². The first-order valence-electron chi connectivity index (χ1n) is 7.20. The maximum atomic E-state index is 12.0. The van der Waals surface area contributed by atoms with Crippen LogP contribution in [0.25, 0.3) is 0 Å². The van der Waals surface area contributed by atoms with Crippen LogP contribution in [0.2, 0.25) is 0 Å². The van der Waals surface area contributed by atoms with Gasteiger partial charge in [-0.3, -0.25) is 4.79 Å². The fourth-order valence-electron chi connectivity index (χ4n) is 2.41. The van der Waals surface area contributed by atoms with E-state index in [1.165, 1.54) is 18.4 Å². The number of amides is 1. The smallest absolute Gasteiger partial charge is 0.242 e. The molecule has 1 saturated heterocycles. The van der Waals surface area contributed by atoms with Crippen molar-refractivity contribution in [2.75, 3.05) is 27.2 Å². The molecule has 6 heteroatoms. The van der Waals surface area contributed by atoms with Crippen LogP contribution in [0, 0.1) is 0 Å². The molecule has 21 heavy (non-hydrogen) atoms. The van der Waals surface area contributed by atoms with Crippen molar-refractivity contribution in [3.63, 3.8) is 0 Å². The Balaban J connectivity index is 1.95. The van der Waals surface area contributed by atoms with Gasteiger partial charge in [0.2, 0.25) is 15.9 Å². The van der Waals surface area contributed by atoms with Gasteiger partial charge in [-0.1, -0.05) is 12.1 Å². The number of rotatable bonds is 5. The molecular formula is C15H22N2O3S. The second-order valence-corrected chi connectivity index (χ2v) is 7.67. The van der Waals surface area contributed by atoms with Gasteiger partial charge in [-0.25, -0.2) is 12.7 Å². The molecule has 1 aromatic carbocycles. The van der Waals surface area contributed by atoms with E-state index >= 15 is 0 Å². The van der Waals surface area contributed by atoms with Crippen LogP contribution in [0.4, 0.5) is 0 Å². The van der Waals surface area contributed by atoms with Crippen LogP contribution >= 0.6 is 0 Å². The van der Waals surface area contributed by atoms with Gasteiger partial charge in [0, 0.05) is 33.6 Å². The number of hydrogen-bond donors (Lipinski definition) is 0. The standard InChI is InChI=1S/C15H22N2O3S/c1-16(2)21(19,20)14-8-5-13(6-9-14)7-10-15(18)17-11-3-4-12-17/h5-6,8-9H,3-4,7,10-12H2,1-2H3. The van der Waals surface area contributed by atoms with Crippen LogP contribution < -0.4 is 0 Å². The molecule has 1 aliphatic heterocycles. The van der Waals surface area contributed by atoms with E-state index in [1.807, 2.05) is 4.90 Å². The molecule has 0 N–H and O–H groups in total. The minimum atomic E-state index is -3.38. The Kier molecular flexibility index (Phi) is 5.00. The van der Waals surface area contributed by atoms with Gasteiger partial charge < -0.3 is 4.90 Å². The molecule has 0 spiro atoms. The molecule has 0 saturated carbocycles. The highest BCUT2D eigenvalue weighted by Gasteiger charge is 2.18. The van der Waals surface area contributed by atoms with Crippen LogP contribution in [0.5, 0.6) is 0 Å². The number of aryl methyl sites for hydroxylation is 1. The highest BCUT2D eigenvalue weighted by Crippen LogP contribution is 2.16. The topological polar surface area (TPSA) is 57.7 Å². The van der Waals surface area contributed by atoms with Gasteiger partial charge in [0.05, 0.1) is 4.90 Å². The van der Waals surface area contributed by atoms with E-state index in [9.17, 15) is 13.2 Å². The number of likely N-dealkylation sites (tertiary alicyclic amines) is 1. The van der Waals surface area contributed by atoms with Gasteiger partial charge >= 0.3 is 0 Å². The second kappa shape index (κ2) is 6.58. The van der Waals surface area contributed by atoms with E-state index in [2.05, 4.69) is 0 Å². The number of sulfonamides is 1. The lowest BCUT2D eigenvalue weighted by molar-refractivity contribution is -0.130. The first kappa shape index (κ1) is 16.0. The molecule has 0 aliphatic carbocycles. The van der Waals surface area contributed by atoms with Crippen molar-refractivity contribution in [3.8, 4) is 0 Å². The third-order valence-corrected chi connectivity index (χ3v) is 5.62. The van der Waals surface area contributed by atoms with Crippen molar-refractivity contribution in [1.29, 1.82) is 0 Å². The predicted molar refractivity (Wildman–Crippen MR) is 81.4 cm³/mol. The second-order valence-electron chi connectivity index (χ2n) is 5.52. The quantitative estimate of drug-likeness (QED) is 0.828. The lowest BCUT2D eigenvalue weighted by atomic mass is 10.1. The summed E-state index contributed by atoms with van der Waals surface area (Å²) in [5, 5.41) is 0. The van der Waals surface area contributed by atoms with Crippen LogP contribution in [-0.4, -0.2) is 50.7 Å². The Morgan fingerprint density at radius 1 is 1.14 bits per heavy atom. The molecule has 0 atom stereocenters. The number of benzene rings is 1. The third kappa shape index (κ3) is 3.83. The van der Waals surface area contributed by atoms with Crippen LogP contribution in [0.1, 0.15) is 24.8 Å². The first-order chi connectivity index (χ1) is 9.91. The Morgan fingerprint density at radius 3 is 2.24 bits per heavy atom. The number of nitrogens with zero attached hydrogens (tertiary/aromatic N) is 2. The Hall–Kier alpha value is -1.40. The predicted octanol–water partition coefficient (Wildman–Crippen LogP) is 1.49. The van der Waals surface area contributed by atoms with Gasteiger partial charge in [-0.05, 0) is 37.0 Å². The Labute approximate surface area is 126 Å². The number of carbonyl (C=O) groups is 1. The normalized spacial score (nSPS) is 15.7. The molecule has 1 heterocycles. The average Bonchev–Trinajstić information content (AvgIpc) is 2.99. The van der Waals surface area contributed by atoms with Crippen molar-refractivity contribution in [2.45, 2.75) is 30.6 Å². The summed E-state index contributed by atoms with van der Waals surface area (Å²) in [4.78, 5) is 14.1. The summed E-state index contributed by atoms with van der Waals surface area (Å²) in [6, 6.07) is 6.78. The van der Waals surface area contributed by atoms with Gasteiger partial charge in [0.1, 0.15) is 0 Å². The lowest BCUT2D eigenvalue weighted by Crippen LogP contribution is -2.27. The van der Waals surface area contributed by atoms with Gasteiger partial charge in [-0.2, -0.15) is 0 Å². The monoisotopic (exact) mass is 310 g/mol. The summed E-state index contributed by atoms with van der Waals surface area (Å²) in [6.07, 6.45) is 3.34. The molecule has 116 valence electrons. The summed E-state index contributed by atoms with van der Waals surface area (Å²) in [5.41, 5.74) is 0.986. The van der Waals surface area contributed by atoms with E-state index < -0.39 is 10.0 Å². The summed E-state index contributed by atoms with van der Waals surface area (Å²) in [6.45, 7) is 1.75. The molecule has 0 bridgehead atoms. The fourth-order valence-corrected chi connectivity index (χ4v) is 3.32. The molecule has 1 aliphatic rings. The highest BCUT2D eigenvalue weighted by atomic mass is 32.2. The largest absolute Gasteiger partial charge is 0.343 e. The van der Waals surface area contributed by atoms with E-state index in [-0.39, 0.29) is 10.8 Å². The highest BCUT2D eigenvalue weighted by molar-refractivity contribution is 7.89. The molecule has 1 amide bonds. The summed E-state index contributed by atoms with van der Waals surface area (Å²) >= 11 is 0. The Morgan fingerprint density at radius 2 is 1.71 bits per heavy atom. The van der Waals surface area contributed by atoms with Crippen molar-refractivity contribution < 1.29 is 13.2 Å². The maximum absolute atomic E-state index is 12.0. The van der Waals surface area contributed by atoms with E-state index in [1.54, 1.807) is 24.3 Å². The maximum Gasteiger partial charge on any atom is 0.242 e. The number of hydrogen-bond acceptors (Lipinski definition) is 3. The number of carbonyl (C=O) groups excluding carboxylic acids is 1. The molecule has 0 radical (unpaired) electrons. The fraction of sp³-hybridized carbons (Fsp3) is 0.533. The zero-order valence-corrected chi connectivity index (χ0v) is 13.4. The lowest BCUT2D eigenvalue weighted by Gasteiger charge is -2.15. The van der Waals surface area contributed by atoms with Crippen LogP contribution in [0.3, 0.4) is 0 Å². The molecule has 5 nitrogen and oxygen atoms in total. The third-order valence-electron chi connectivity index (χ3n) is 3.79. The summed E-state index contributed by atoms with van der Waals surface area (Å²) in [7, 11) is -0.356. The van der Waals surface area contributed by atoms with Crippen LogP contribution in [0.15, 0.2) is 29.2 Å². The first-order valence-corrected chi connectivity index (χ1v) is 8.64. The summed E-state index contributed by atoms with van der Waals surface area (Å²) < 4.78 is 25.1. The zero-order chi connectivity index (χ0) is 15.5. The van der Waals surface area contributed by atoms with E-state index in [0.29, 0.717) is 12.8 Å². The van der Waals surface area contributed by atoms with Crippen molar-refractivity contribution >= 4 is 15.9 Å². The minimum Gasteiger partial charge on any atom is -0.343 e. The van der Waals surface area contributed by atoms with Crippen molar-refractivity contribution in [1.82, 2.24) is 9.21 Å². The average molecular weight is 310 g/mol. The molecule has 1 fully saturated rings. The molecule has 1 aromatic rings. The van der Waals surface area contributed by atoms with Crippen LogP contribution in [-0.2, 0) is 21.2 Å².